The van der Waals surface area contributed by atoms with Crippen molar-refractivity contribution in [2.24, 2.45) is 11.8 Å². The van der Waals surface area contributed by atoms with Crippen LogP contribution in [0.5, 0.6) is 0 Å². The minimum Gasteiger partial charge on any atom is -0.462 e. The fourth-order valence-electron chi connectivity index (χ4n) is 9.83. The Morgan fingerprint density at radius 2 is 0.648 bits per heavy atom. The zero-order chi connectivity index (χ0) is 67.2. The molecule has 3 unspecified atom stereocenters. The van der Waals surface area contributed by atoms with E-state index in [2.05, 4.69) is 90.2 Å². The highest BCUT2D eigenvalue weighted by molar-refractivity contribution is 7.47. The highest BCUT2D eigenvalue weighted by Gasteiger charge is 2.30. The fourth-order valence-corrected chi connectivity index (χ4v) is 11.4. The van der Waals surface area contributed by atoms with Gasteiger partial charge in [-0.1, -0.05) is 264 Å². The standard InChI is InChI=1S/C72H132O17P2/c1-7-10-12-14-16-18-20-22-24-26-28-30-35-42-48-54-69(74)82-60-67(89-72(77)57-51-45-37-33-32-34-40-46-52-64(4)5)62-86-90(78,79)84-58-66(73)59-85-91(80,81)87-63-68(61-83-70(75)55-49-43-39-38-41-47-53-65(6)9-3)88-71(76)56-50-44-36-31-29-27-25-23-21-19-17-15-13-11-8-2/h18-25,64-68,73H,7-17,26-63H2,1-6H3,(H,78,79)(H,80,81)/b20-18-,21-19-,24-22-,25-23-/t65?,66-,67-,68-/m1/s1. The van der Waals surface area contributed by atoms with E-state index in [9.17, 15) is 43.2 Å². The van der Waals surface area contributed by atoms with Gasteiger partial charge in [0.1, 0.15) is 19.3 Å². The third-order valence-electron chi connectivity index (χ3n) is 15.8. The van der Waals surface area contributed by atoms with Gasteiger partial charge in [-0.3, -0.25) is 37.3 Å². The number of hydrogen-bond acceptors (Lipinski definition) is 15. The molecular formula is C72H132O17P2. The first kappa shape index (κ1) is 88.0. The highest BCUT2D eigenvalue weighted by atomic mass is 31.2. The van der Waals surface area contributed by atoms with Crippen LogP contribution in [0.1, 0.15) is 318 Å². The molecular weight excluding hydrogens is 1200 g/mol. The van der Waals surface area contributed by atoms with Crippen molar-refractivity contribution in [3.05, 3.63) is 48.6 Å². The van der Waals surface area contributed by atoms with Crippen LogP contribution < -0.4 is 0 Å². The number of unbranched alkanes of at least 4 members (excludes halogenated alkanes) is 30. The van der Waals surface area contributed by atoms with Crippen molar-refractivity contribution in [1.29, 1.82) is 0 Å². The molecule has 0 bridgehead atoms. The fraction of sp³-hybridized carbons (Fsp3) is 0.833. The van der Waals surface area contributed by atoms with E-state index < -0.39 is 97.5 Å². The van der Waals surface area contributed by atoms with Gasteiger partial charge in [0.25, 0.3) is 0 Å². The summed E-state index contributed by atoms with van der Waals surface area (Å²) in [6, 6.07) is 0. The first-order valence-corrected chi connectivity index (χ1v) is 39.2. The topological polar surface area (TPSA) is 237 Å². The number of phosphoric ester groups is 2. The van der Waals surface area contributed by atoms with Gasteiger partial charge in [-0.2, -0.15) is 0 Å². The molecule has 0 saturated heterocycles. The number of phosphoric acid groups is 2. The number of aliphatic hydroxyl groups excluding tert-OH is 1. The van der Waals surface area contributed by atoms with Gasteiger partial charge in [-0.15, -0.1) is 0 Å². The summed E-state index contributed by atoms with van der Waals surface area (Å²) in [6.07, 6.45) is 54.4. The normalized spacial score (nSPS) is 14.7. The maximum atomic E-state index is 13.0. The Bertz CT molecular complexity index is 1960. The Labute approximate surface area is 553 Å². The number of aliphatic hydroxyl groups is 1. The Hall–Kier alpha value is -2.98. The third kappa shape index (κ3) is 64.2. The van der Waals surface area contributed by atoms with Crippen LogP contribution in [0.25, 0.3) is 0 Å². The number of allylic oxidation sites excluding steroid dienone is 8. The second-order valence-corrected chi connectivity index (χ2v) is 28.2. The van der Waals surface area contributed by atoms with Crippen molar-refractivity contribution in [2.75, 3.05) is 39.6 Å². The smallest absolute Gasteiger partial charge is 0.462 e. The van der Waals surface area contributed by atoms with Crippen LogP contribution in [0.3, 0.4) is 0 Å². The molecule has 0 heterocycles. The second-order valence-electron chi connectivity index (χ2n) is 25.3. The van der Waals surface area contributed by atoms with Gasteiger partial charge in [0.2, 0.25) is 0 Å². The molecule has 0 aliphatic carbocycles. The number of rotatable bonds is 67. The van der Waals surface area contributed by atoms with Crippen molar-refractivity contribution < 1.29 is 80.2 Å². The minimum absolute atomic E-state index is 0.0815. The highest BCUT2D eigenvalue weighted by Crippen LogP contribution is 2.45. The molecule has 0 aliphatic rings. The molecule has 6 atom stereocenters. The van der Waals surface area contributed by atoms with E-state index in [1.54, 1.807) is 0 Å². The monoisotopic (exact) mass is 1330 g/mol. The van der Waals surface area contributed by atoms with Crippen molar-refractivity contribution in [2.45, 2.75) is 336 Å². The van der Waals surface area contributed by atoms with Crippen molar-refractivity contribution >= 4 is 39.5 Å². The predicted octanol–water partition coefficient (Wildman–Crippen LogP) is 19.9. The minimum atomic E-state index is -4.96. The zero-order valence-electron chi connectivity index (χ0n) is 58.1. The van der Waals surface area contributed by atoms with E-state index in [1.807, 2.05) is 0 Å². The zero-order valence-corrected chi connectivity index (χ0v) is 59.9. The predicted molar refractivity (Wildman–Crippen MR) is 367 cm³/mol. The number of ether oxygens (including phenoxy) is 4. The lowest BCUT2D eigenvalue weighted by atomic mass is 10.00. The Kier molecular flexibility index (Phi) is 61.0. The molecule has 19 heteroatoms. The van der Waals surface area contributed by atoms with Crippen molar-refractivity contribution in [3.8, 4) is 0 Å². The summed E-state index contributed by atoms with van der Waals surface area (Å²) in [5.41, 5.74) is 0. The van der Waals surface area contributed by atoms with Crippen molar-refractivity contribution in [1.82, 2.24) is 0 Å². The summed E-state index contributed by atoms with van der Waals surface area (Å²) in [5.74, 6) is -0.747. The summed E-state index contributed by atoms with van der Waals surface area (Å²) in [5, 5.41) is 10.6. The molecule has 3 N–H and O–H groups in total. The molecule has 0 spiro atoms. The maximum Gasteiger partial charge on any atom is 0.472 e. The molecule has 17 nitrogen and oxygen atoms in total. The van der Waals surface area contributed by atoms with Crippen LogP contribution in [0.4, 0.5) is 0 Å². The van der Waals surface area contributed by atoms with Gasteiger partial charge in [0, 0.05) is 25.7 Å². The first-order chi connectivity index (χ1) is 43.9. The van der Waals surface area contributed by atoms with Gasteiger partial charge < -0.3 is 33.8 Å². The molecule has 0 rings (SSSR count). The molecule has 532 valence electrons. The van der Waals surface area contributed by atoms with Gasteiger partial charge in [0.05, 0.1) is 26.4 Å². The van der Waals surface area contributed by atoms with E-state index in [-0.39, 0.29) is 25.7 Å². The Morgan fingerprint density at radius 3 is 0.978 bits per heavy atom. The SMILES string of the molecule is CCCCCC/C=C\C=C/CCCCCCCC(=O)OC[C@H](COP(=O)(O)OC[C@@H](O)COP(=O)(O)OC[C@@H](COC(=O)CCCCCCCCC(C)CC)OC(=O)CCCCCCC/C=C\C=C/CCCCCC)OC(=O)CCCCCCCCCCC(C)C. The first-order valence-electron chi connectivity index (χ1n) is 36.2. The third-order valence-corrected chi connectivity index (χ3v) is 17.7. The molecule has 0 aliphatic heterocycles. The number of carbonyl (C=O) groups excluding carboxylic acids is 4. The van der Waals surface area contributed by atoms with E-state index in [0.29, 0.717) is 31.6 Å². The summed E-state index contributed by atoms with van der Waals surface area (Å²) >= 11 is 0. The van der Waals surface area contributed by atoms with E-state index in [1.165, 1.54) is 96.3 Å². The van der Waals surface area contributed by atoms with Gasteiger partial charge in [-0.05, 0) is 88.9 Å². The summed E-state index contributed by atoms with van der Waals surface area (Å²) in [4.78, 5) is 72.5. The summed E-state index contributed by atoms with van der Waals surface area (Å²) in [7, 11) is -9.93. The van der Waals surface area contributed by atoms with Crippen LogP contribution in [0.2, 0.25) is 0 Å². The maximum absolute atomic E-state index is 13.0. The van der Waals surface area contributed by atoms with Gasteiger partial charge >= 0.3 is 39.5 Å². The lowest BCUT2D eigenvalue weighted by molar-refractivity contribution is -0.161. The molecule has 0 aromatic carbocycles. The quantitative estimate of drug-likeness (QED) is 0.0169. The van der Waals surface area contributed by atoms with Crippen molar-refractivity contribution in [3.63, 3.8) is 0 Å². The molecule has 0 saturated carbocycles. The van der Waals surface area contributed by atoms with E-state index in [0.717, 1.165) is 134 Å². The van der Waals surface area contributed by atoms with Gasteiger partial charge in [0.15, 0.2) is 12.2 Å². The Morgan fingerprint density at radius 1 is 0.363 bits per heavy atom. The molecule has 0 aromatic heterocycles. The van der Waals surface area contributed by atoms with E-state index >= 15 is 0 Å². The van der Waals surface area contributed by atoms with Crippen LogP contribution in [0, 0.1) is 11.8 Å². The largest absolute Gasteiger partial charge is 0.472 e. The summed E-state index contributed by atoms with van der Waals surface area (Å²) in [6.45, 7) is 9.33. The lowest BCUT2D eigenvalue weighted by Crippen LogP contribution is -2.30. The molecule has 0 fully saturated rings. The number of esters is 4. The lowest BCUT2D eigenvalue weighted by Gasteiger charge is -2.21. The molecule has 0 aromatic rings. The van der Waals surface area contributed by atoms with Crippen LogP contribution in [-0.2, 0) is 65.4 Å². The second kappa shape index (κ2) is 63.1. The average molecular weight is 1330 g/mol. The van der Waals surface area contributed by atoms with E-state index in [4.69, 9.17) is 37.0 Å². The average Bonchev–Trinajstić information content (AvgIpc) is 3.69. The number of carbonyl (C=O) groups is 4. The summed E-state index contributed by atoms with van der Waals surface area (Å²) < 4.78 is 68.2. The van der Waals surface area contributed by atoms with Crippen LogP contribution >= 0.6 is 15.6 Å². The molecule has 91 heavy (non-hydrogen) atoms. The van der Waals surface area contributed by atoms with Crippen LogP contribution in [-0.4, -0.2) is 96.7 Å². The molecule has 0 radical (unpaired) electrons. The number of hydrogen-bond donors (Lipinski definition) is 3. The molecule has 0 amide bonds. The van der Waals surface area contributed by atoms with Gasteiger partial charge in [-0.25, -0.2) is 9.13 Å². The van der Waals surface area contributed by atoms with Crippen LogP contribution in [0.15, 0.2) is 48.6 Å². The Balaban J connectivity index is 5.31.